The lowest BCUT2D eigenvalue weighted by Gasteiger charge is -2.35. The molecule has 3 aromatic rings. The molecular formula is C18H24N6O. The van der Waals surface area contributed by atoms with Gasteiger partial charge in [0.2, 0.25) is 0 Å². The van der Waals surface area contributed by atoms with Crippen LogP contribution in [-0.4, -0.2) is 50.7 Å². The molecule has 4 heterocycles. The molecule has 0 N–H and O–H groups in total. The number of oxazole rings is 1. The van der Waals surface area contributed by atoms with Gasteiger partial charge in [-0.1, -0.05) is 13.8 Å². The van der Waals surface area contributed by atoms with E-state index in [1.165, 1.54) is 0 Å². The number of hydrogen-bond acceptors (Lipinski definition) is 6. The van der Waals surface area contributed by atoms with Gasteiger partial charge in [0, 0.05) is 38.6 Å². The quantitative estimate of drug-likeness (QED) is 0.727. The molecule has 1 aliphatic heterocycles. The van der Waals surface area contributed by atoms with Crippen LogP contribution in [0.1, 0.15) is 36.9 Å². The van der Waals surface area contributed by atoms with E-state index in [0.29, 0.717) is 5.92 Å². The van der Waals surface area contributed by atoms with Crippen LogP contribution in [0.4, 0.5) is 5.82 Å². The van der Waals surface area contributed by atoms with Crippen LogP contribution in [0.15, 0.2) is 29.1 Å². The van der Waals surface area contributed by atoms with Crippen molar-refractivity contribution in [2.75, 3.05) is 31.1 Å². The third-order valence-electron chi connectivity index (χ3n) is 4.69. The Kier molecular flexibility index (Phi) is 4.17. The fourth-order valence-corrected chi connectivity index (χ4v) is 3.37. The highest BCUT2D eigenvalue weighted by atomic mass is 16.3. The van der Waals surface area contributed by atoms with Crippen LogP contribution in [0.5, 0.6) is 0 Å². The van der Waals surface area contributed by atoms with E-state index in [1.807, 2.05) is 23.7 Å². The molecule has 7 heteroatoms. The topological polar surface area (TPSA) is 62.7 Å². The predicted octanol–water partition coefficient (Wildman–Crippen LogP) is 2.47. The Morgan fingerprint density at radius 1 is 1.16 bits per heavy atom. The molecule has 0 spiro atoms. The van der Waals surface area contributed by atoms with Gasteiger partial charge in [-0.15, -0.1) is 5.10 Å². The maximum absolute atomic E-state index is 5.53. The normalized spacial score (nSPS) is 16.2. The average molecular weight is 340 g/mol. The molecule has 0 amide bonds. The Labute approximate surface area is 147 Å². The summed E-state index contributed by atoms with van der Waals surface area (Å²) in [5.41, 5.74) is 2.95. The number of nitrogens with zero attached hydrogens (tertiary/aromatic N) is 6. The molecule has 3 aromatic heterocycles. The molecule has 0 saturated carbocycles. The van der Waals surface area contributed by atoms with Gasteiger partial charge in [-0.2, -0.15) is 0 Å². The molecule has 0 aromatic carbocycles. The zero-order chi connectivity index (χ0) is 17.4. The summed E-state index contributed by atoms with van der Waals surface area (Å²) < 4.78 is 7.40. The average Bonchev–Trinajstić information content (AvgIpc) is 3.20. The Hall–Kier alpha value is -2.41. The van der Waals surface area contributed by atoms with Crippen molar-refractivity contribution in [3.8, 4) is 0 Å². The Balaban J connectivity index is 1.41. The van der Waals surface area contributed by atoms with Gasteiger partial charge in [0.25, 0.3) is 0 Å². The maximum atomic E-state index is 5.53. The Bertz CT molecular complexity index is 859. The highest BCUT2D eigenvalue weighted by molar-refractivity contribution is 5.46. The zero-order valence-corrected chi connectivity index (χ0v) is 15.0. The minimum absolute atomic E-state index is 0.369. The molecule has 0 bridgehead atoms. The number of rotatable bonds is 4. The molecule has 4 rings (SSSR count). The molecule has 1 fully saturated rings. The van der Waals surface area contributed by atoms with Gasteiger partial charge < -0.3 is 9.32 Å². The van der Waals surface area contributed by atoms with Gasteiger partial charge in [-0.25, -0.2) is 14.5 Å². The number of piperazine rings is 1. The van der Waals surface area contributed by atoms with Crippen molar-refractivity contribution in [1.29, 1.82) is 0 Å². The van der Waals surface area contributed by atoms with E-state index in [-0.39, 0.29) is 0 Å². The van der Waals surface area contributed by atoms with Gasteiger partial charge in [-0.05, 0) is 19.1 Å². The van der Waals surface area contributed by atoms with E-state index in [0.717, 1.165) is 61.3 Å². The lowest BCUT2D eigenvalue weighted by Crippen LogP contribution is -2.46. The van der Waals surface area contributed by atoms with Crippen molar-refractivity contribution in [2.24, 2.45) is 0 Å². The molecule has 0 radical (unpaired) electrons. The zero-order valence-electron chi connectivity index (χ0n) is 15.0. The first-order chi connectivity index (χ1) is 12.1. The van der Waals surface area contributed by atoms with E-state index in [4.69, 9.17) is 9.52 Å². The van der Waals surface area contributed by atoms with E-state index in [9.17, 15) is 0 Å². The summed E-state index contributed by atoms with van der Waals surface area (Å²) in [6.45, 7) is 11.0. The van der Waals surface area contributed by atoms with E-state index in [1.54, 1.807) is 6.39 Å². The molecule has 0 atom stereocenters. The van der Waals surface area contributed by atoms with Gasteiger partial charge >= 0.3 is 0 Å². The monoisotopic (exact) mass is 340 g/mol. The number of hydrogen-bond donors (Lipinski definition) is 0. The fourth-order valence-electron chi connectivity index (χ4n) is 3.37. The van der Waals surface area contributed by atoms with Gasteiger partial charge in [0.1, 0.15) is 11.6 Å². The minimum atomic E-state index is 0.369. The van der Waals surface area contributed by atoms with Gasteiger partial charge in [0.05, 0.1) is 17.6 Å². The third-order valence-corrected chi connectivity index (χ3v) is 4.69. The van der Waals surface area contributed by atoms with Crippen molar-refractivity contribution in [1.82, 2.24) is 24.5 Å². The maximum Gasteiger partial charge on any atom is 0.181 e. The van der Waals surface area contributed by atoms with Crippen LogP contribution in [0, 0.1) is 6.92 Å². The van der Waals surface area contributed by atoms with Crippen LogP contribution in [0.2, 0.25) is 0 Å². The standard InChI is InChI=1S/C18H24N6O/c1-13(2)18-15(19-12-25-18)11-22-6-8-23(9-7-22)17-5-4-16-20-14(3)10-24(16)21-17/h4-5,10,12-13H,6-9,11H2,1-3H3. The second-order valence-electron chi connectivity index (χ2n) is 6.96. The largest absolute Gasteiger partial charge is 0.448 e. The van der Waals surface area contributed by atoms with E-state index in [2.05, 4.69) is 39.7 Å². The van der Waals surface area contributed by atoms with E-state index >= 15 is 0 Å². The van der Waals surface area contributed by atoms with Crippen molar-refractivity contribution in [3.63, 3.8) is 0 Å². The summed E-state index contributed by atoms with van der Waals surface area (Å²) in [4.78, 5) is 13.6. The fraction of sp³-hybridized carbons (Fsp3) is 0.500. The van der Waals surface area contributed by atoms with Crippen LogP contribution in [-0.2, 0) is 6.54 Å². The van der Waals surface area contributed by atoms with Crippen LogP contribution in [0.3, 0.4) is 0 Å². The highest BCUT2D eigenvalue weighted by Crippen LogP contribution is 2.21. The molecule has 25 heavy (non-hydrogen) atoms. The smallest absolute Gasteiger partial charge is 0.181 e. The summed E-state index contributed by atoms with van der Waals surface area (Å²) in [6, 6.07) is 4.10. The van der Waals surface area contributed by atoms with Crippen LogP contribution < -0.4 is 4.90 Å². The van der Waals surface area contributed by atoms with Crippen LogP contribution in [0.25, 0.3) is 5.65 Å². The number of imidazole rings is 1. The highest BCUT2D eigenvalue weighted by Gasteiger charge is 2.21. The minimum Gasteiger partial charge on any atom is -0.448 e. The first-order valence-corrected chi connectivity index (χ1v) is 8.83. The number of anilines is 1. The number of aryl methyl sites for hydroxylation is 1. The van der Waals surface area contributed by atoms with Gasteiger partial charge in [-0.3, -0.25) is 4.90 Å². The van der Waals surface area contributed by atoms with Crippen molar-refractivity contribution < 1.29 is 4.42 Å². The lowest BCUT2D eigenvalue weighted by atomic mass is 10.1. The summed E-state index contributed by atoms with van der Waals surface area (Å²) in [6.07, 6.45) is 3.53. The SMILES string of the molecule is Cc1cn2nc(N3CCN(Cc4ncoc4C(C)C)CC3)ccc2n1. The molecular weight excluding hydrogens is 316 g/mol. The first kappa shape index (κ1) is 16.1. The molecule has 7 nitrogen and oxygen atoms in total. The molecule has 0 aliphatic carbocycles. The molecule has 0 unspecified atom stereocenters. The third kappa shape index (κ3) is 3.24. The van der Waals surface area contributed by atoms with Crippen LogP contribution >= 0.6 is 0 Å². The number of fused-ring (bicyclic) bond motifs is 1. The van der Waals surface area contributed by atoms with Gasteiger partial charge in [0.15, 0.2) is 12.0 Å². The summed E-state index contributed by atoms with van der Waals surface area (Å²) >= 11 is 0. The van der Waals surface area contributed by atoms with Crippen molar-refractivity contribution in [3.05, 3.63) is 41.9 Å². The summed E-state index contributed by atoms with van der Waals surface area (Å²) in [5.74, 6) is 2.38. The second-order valence-corrected chi connectivity index (χ2v) is 6.96. The molecule has 1 saturated heterocycles. The molecule has 1 aliphatic rings. The predicted molar refractivity (Wildman–Crippen MR) is 95.8 cm³/mol. The molecule has 132 valence electrons. The second kappa shape index (κ2) is 6.48. The summed E-state index contributed by atoms with van der Waals surface area (Å²) in [5, 5.41) is 4.69. The Morgan fingerprint density at radius 3 is 2.72 bits per heavy atom. The Morgan fingerprint density at radius 2 is 1.96 bits per heavy atom. The van der Waals surface area contributed by atoms with Crippen molar-refractivity contribution >= 4 is 11.5 Å². The summed E-state index contributed by atoms with van der Waals surface area (Å²) in [7, 11) is 0. The first-order valence-electron chi connectivity index (χ1n) is 8.83. The number of aromatic nitrogens is 4. The van der Waals surface area contributed by atoms with E-state index < -0.39 is 0 Å². The van der Waals surface area contributed by atoms with Crippen molar-refractivity contribution in [2.45, 2.75) is 33.2 Å². The lowest BCUT2D eigenvalue weighted by molar-refractivity contribution is 0.244.